The van der Waals surface area contributed by atoms with Gasteiger partial charge in [0.2, 0.25) is 0 Å². The molecule has 0 spiro atoms. The quantitative estimate of drug-likeness (QED) is 0.435. The summed E-state index contributed by atoms with van der Waals surface area (Å²) in [4.78, 5) is 0. The number of hydrogen-bond donors (Lipinski definition) is 0. The molecule has 0 amide bonds. The molecule has 0 aromatic carbocycles. The van der Waals surface area contributed by atoms with Gasteiger partial charge in [0.05, 0.1) is 0 Å². The molecular formula is H2Mn2O2+2. The summed E-state index contributed by atoms with van der Waals surface area (Å²) in [6.07, 6.45) is 0. The third-order valence-electron chi connectivity index (χ3n) is 0. The van der Waals surface area contributed by atoms with Gasteiger partial charge in [0.1, 0.15) is 0 Å². The van der Waals surface area contributed by atoms with E-state index in [2.05, 4.69) is 0 Å². The van der Waals surface area contributed by atoms with Gasteiger partial charge in [-0.2, -0.15) is 0 Å². The molecule has 0 rings (SSSR count). The van der Waals surface area contributed by atoms with Crippen LogP contribution in [0.4, 0.5) is 0 Å². The van der Waals surface area contributed by atoms with Crippen LogP contribution in [0.3, 0.4) is 0 Å². The first-order valence-corrected chi connectivity index (χ1v) is 0. The molecule has 0 unspecified atom stereocenters. The summed E-state index contributed by atoms with van der Waals surface area (Å²) < 4.78 is 0. The predicted molar refractivity (Wildman–Crippen MR) is 3.87 cm³/mol. The minimum Gasteiger partial charge on any atom is -0.870 e. The second kappa shape index (κ2) is 37.7. The molecule has 0 aromatic rings. The van der Waals surface area contributed by atoms with Crippen LogP contribution in [-0.4, -0.2) is 11.0 Å². The monoisotopic (exact) mass is 144 g/mol. The maximum atomic E-state index is 0. The fourth-order valence-corrected chi connectivity index (χ4v) is 0. The molecule has 0 bridgehead atoms. The normalized spacial score (nSPS) is 0. The molecule has 0 aliphatic rings. The standard InChI is InChI=1S/2Mn.2H2O/h;;2*1H2/q2*+2;;/p-2. The molecule has 0 aliphatic carbocycles. The Morgan fingerprint density at radius 3 is 0.500 bits per heavy atom. The molecule has 0 aromatic heterocycles. The van der Waals surface area contributed by atoms with Crippen molar-refractivity contribution in [3.05, 3.63) is 0 Å². The smallest absolute Gasteiger partial charge is 0.870 e. The van der Waals surface area contributed by atoms with E-state index < -0.39 is 0 Å². The summed E-state index contributed by atoms with van der Waals surface area (Å²) in [5, 5.41) is 0. The largest absolute Gasteiger partial charge is 2.00 e. The van der Waals surface area contributed by atoms with Crippen LogP contribution in [0, 0.1) is 0 Å². The topological polar surface area (TPSA) is 60.0 Å². The van der Waals surface area contributed by atoms with Crippen LogP contribution in [0.2, 0.25) is 0 Å². The van der Waals surface area contributed by atoms with Crippen molar-refractivity contribution in [1.82, 2.24) is 0 Å². The molecule has 0 aliphatic heterocycles. The van der Waals surface area contributed by atoms with Gasteiger partial charge in [0.25, 0.3) is 0 Å². The van der Waals surface area contributed by atoms with Gasteiger partial charge < -0.3 is 11.0 Å². The van der Waals surface area contributed by atoms with Crippen molar-refractivity contribution >= 4 is 0 Å². The van der Waals surface area contributed by atoms with Crippen molar-refractivity contribution in [1.29, 1.82) is 0 Å². The van der Waals surface area contributed by atoms with Gasteiger partial charge >= 0.3 is 34.1 Å². The Bertz CT molecular complexity index is 4.00. The Morgan fingerprint density at radius 1 is 0.500 bits per heavy atom. The molecule has 0 atom stereocenters. The van der Waals surface area contributed by atoms with Crippen molar-refractivity contribution in [2.24, 2.45) is 0 Å². The van der Waals surface area contributed by atoms with Crippen molar-refractivity contribution in [3.8, 4) is 0 Å². The van der Waals surface area contributed by atoms with E-state index in [1.807, 2.05) is 0 Å². The average molecular weight is 144 g/mol. The van der Waals surface area contributed by atoms with Gasteiger partial charge in [-0.05, 0) is 0 Å². The molecule has 0 fully saturated rings. The van der Waals surface area contributed by atoms with Crippen molar-refractivity contribution in [2.45, 2.75) is 0 Å². The van der Waals surface area contributed by atoms with Crippen LogP contribution < -0.4 is 0 Å². The van der Waals surface area contributed by atoms with Crippen molar-refractivity contribution < 1.29 is 45.1 Å². The minimum atomic E-state index is 0. The van der Waals surface area contributed by atoms with E-state index in [4.69, 9.17) is 0 Å². The molecular weight excluding hydrogens is 142 g/mol. The maximum absolute atomic E-state index is 0. The molecule has 4 heteroatoms. The van der Waals surface area contributed by atoms with Gasteiger partial charge in [0, 0.05) is 0 Å². The van der Waals surface area contributed by atoms with E-state index in [1.165, 1.54) is 0 Å². The van der Waals surface area contributed by atoms with Crippen molar-refractivity contribution in [2.75, 3.05) is 0 Å². The summed E-state index contributed by atoms with van der Waals surface area (Å²) in [5.74, 6) is 0. The SMILES string of the molecule is [Mn+2].[Mn+2].[OH-].[OH-]. The van der Waals surface area contributed by atoms with Crippen LogP contribution in [0.25, 0.3) is 0 Å². The summed E-state index contributed by atoms with van der Waals surface area (Å²) in [7, 11) is 0. The Labute approximate surface area is 45.5 Å². The van der Waals surface area contributed by atoms with E-state index in [1.54, 1.807) is 0 Å². The third kappa shape index (κ3) is 12.3. The van der Waals surface area contributed by atoms with Gasteiger partial charge in [0.15, 0.2) is 0 Å². The zero-order chi connectivity index (χ0) is 0. The maximum Gasteiger partial charge on any atom is 2.00 e. The van der Waals surface area contributed by atoms with Gasteiger partial charge in [-0.1, -0.05) is 0 Å². The fraction of sp³-hybridized carbons (Fsp3) is 0. The average Bonchev–Trinajstić information content (AvgIpc) is 0. The van der Waals surface area contributed by atoms with Crippen LogP contribution in [0.1, 0.15) is 0 Å². The molecule has 0 saturated heterocycles. The fourth-order valence-electron chi connectivity index (χ4n) is 0. The summed E-state index contributed by atoms with van der Waals surface area (Å²) in [6.45, 7) is 0. The Kier molecular flexibility index (Phi) is 796. The van der Waals surface area contributed by atoms with Crippen LogP contribution in [0.15, 0.2) is 0 Å². The Balaban J connectivity index is 0. The van der Waals surface area contributed by atoms with E-state index in [9.17, 15) is 0 Å². The molecule has 26 valence electrons. The first-order valence-electron chi connectivity index (χ1n) is 0. The van der Waals surface area contributed by atoms with Gasteiger partial charge in [-0.25, -0.2) is 0 Å². The van der Waals surface area contributed by atoms with Gasteiger partial charge in [-0.3, -0.25) is 0 Å². The molecule has 4 heavy (non-hydrogen) atoms. The molecule has 2 radical (unpaired) electrons. The van der Waals surface area contributed by atoms with E-state index >= 15 is 0 Å². The number of hydrogen-bond acceptors (Lipinski definition) is 2. The molecule has 0 heterocycles. The minimum absolute atomic E-state index is 0. The summed E-state index contributed by atoms with van der Waals surface area (Å²) >= 11 is 0. The van der Waals surface area contributed by atoms with E-state index in [-0.39, 0.29) is 45.1 Å². The predicted octanol–water partition coefficient (Wildman–Crippen LogP) is -0.359. The third-order valence-corrected chi connectivity index (χ3v) is 0. The second-order valence-electron chi connectivity index (χ2n) is 0. The molecule has 2 N–H and O–H groups in total. The zero-order valence-corrected chi connectivity index (χ0v) is 4.01. The summed E-state index contributed by atoms with van der Waals surface area (Å²) in [6, 6.07) is 0. The van der Waals surface area contributed by atoms with Crippen LogP contribution in [0.5, 0.6) is 0 Å². The van der Waals surface area contributed by atoms with E-state index in [0.717, 1.165) is 0 Å². The first-order chi connectivity index (χ1) is 0. The zero-order valence-electron chi connectivity index (χ0n) is 1.65. The van der Waals surface area contributed by atoms with Crippen LogP contribution >= 0.6 is 0 Å². The second-order valence-corrected chi connectivity index (χ2v) is 0. The molecule has 0 saturated carbocycles. The van der Waals surface area contributed by atoms with E-state index in [0.29, 0.717) is 0 Å². The van der Waals surface area contributed by atoms with Crippen LogP contribution in [-0.2, 0) is 34.1 Å². The van der Waals surface area contributed by atoms with Crippen molar-refractivity contribution in [3.63, 3.8) is 0 Å². The molecule has 2 nitrogen and oxygen atoms in total. The Morgan fingerprint density at radius 2 is 0.500 bits per heavy atom. The first kappa shape index (κ1) is 84.5. The Hall–Kier alpha value is 0.959. The summed E-state index contributed by atoms with van der Waals surface area (Å²) in [5.41, 5.74) is 0. The van der Waals surface area contributed by atoms with Gasteiger partial charge in [-0.15, -0.1) is 0 Å². The number of rotatable bonds is 0.